The van der Waals surface area contributed by atoms with Crippen LogP contribution in [0.4, 0.5) is 10.5 Å². The van der Waals surface area contributed by atoms with Crippen molar-refractivity contribution in [1.29, 1.82) is 0 Å². The van der Waals surface area contributed by atoms with Crippen molar-refractivity contribution in [3.63, 3.8) is 0 Å². The number of nitrogens with zero attached hydrogens (tertiary/aromatic N) is 4. The molecule has 0 saturated heterocycles. The van der Waals surface area contributed by atoms with Gasteiger partial charge in [0.1, 0.15) is 28.7 Å². The summed E-state index contributed by atoms with van der Waals surface area (Å²) in [6.07, 6.45) is 3.54. The lowest BCUT2D eigenvalue weighted by atomic mass is 10.1. The molecule has 4 heterocycles. The van der Waals surface area contributed by atoms with Gasteiger partial charge in [-0.3, -0.25) is 10.3 Å². The molecule has 0 unspecified atom stereocenters. The lowest BCUT2D eigenvalue weighted by Gasteiger charge is -2.26. The van der Waals surface area contributed by atoms with Crippen LogP contribution in [-0.2, 0) is 4.74 Å². The fourth-order valence-electron chi connectivity index (χ4n) is 4.43. The first-order chi connectivity index (χ1) is 19.4. The molecule has 12 heteroatoms. The molecule has 5 aromatic rings. The molecule has 1 N–H and O–H groups in total. The number of amides is 1. The molecule has 0 saturated carbocycles. The summed E-state index contributed by atoms with van der Waals surface area (Å²) in [5, 5.41) is 3.43. The van der Waals surface area contributed by atoms with E-state index < -0.39 is 12.2 Å². The van der Waals surface area contributed by atoms with Gasteiger partial charge in [-0.2, -0.15) is 0 Å². The van der Waals surface area contributed by atoms with E-state index in [4.69, 9.17) is 28.7 Å². The maximum atomic E-state index is 12.3. The molecule has 204 valence electrons. The molecule has 40 heavy (non-hydrogen) atoms. The van der Waals surface area contributed by atoms with Gasteiger partial charge in [-0.15, -0.1) is 11.3 Å². The first-order valence-electron chi connectivity index (χ1n) is 12.4. The Bertz CT molecular complexity index is 1760. The molecule has 1 atom stereocenters. The van der Waals surface area contributed by atoms with Crippen LogP contribution >= 0.6 is 11.3 Å². The topological polar surface area (TPSA) is 127 Å². The van der Waals surface area contributed by atoms with Crippen molar-refractivity contribution < 1.29 is 28.5 Å². The van der Waals surface area contributed by atoms with Crippen molar-refractivity contribution in [2.75, 3.05) is 32.8 Å². The van der Waals surface area contributed by atoms with E-state index in [1.165, 1.54) is 24.6 Å². The van der Waals surface area contributed by atoms with Crippen LogP contribution in [-0.4, -0.2) is 59.6 Å². The van der Waals surface area contributed by atoms with Gasteiger partial charge in [0.25, 0.3) is 0 Å². The van der Waals surface area contributed by atoms with E-state index >= 15 is 0 Å². The summed E-state index contributed by atoms with van der Waals surface area (Å²) in [6.45, 7) is 4.21. The minimum atomic E-state index is -0.630. The molecule has 1 aliphatic rings. The van der Waals surface area contributed by atoms with Crippen molar-refractivity contribution in [1.82, 2.24) is 19.9 Å². The number of aryl methyl sites for hydroxylation is 2. The molecule has 2 aromatic carbocycles. The molecular weight excluding hydrogens is 534 g/mol. The maximum absolute atomic E-state index is 12.3. The first-order valence-corrected chi connectivity index (χ1v) is 13.2. The molecule has 0 fully saturated rings. The number of carbonyl (C=O) groups excluding carboxylic acids is 1. The number of methoxy groups -OCH3 is 2. The quantitative estimate of drug-likeness (QED) is 0.292. The second kappa shape index (κ2) is 10.5. The van der Waals surface area contributed by atoms with Crippen molar-refractivity contribution in [2.24, 2.45) is 0 Å². The van der Waals surface area contributed by atoms with Crippen LogP contribution < -0.4 is 24.3 Å². The van der Waals surface area contributed by atoms with E-state index in [0.29, 0.717) is 28.8 Å². The molecular formula is C28H25N5O6S. The summed E-state index contributed by atoms with van der Waals surface area (Å²) in [4.78, 5) is 30.4. The zero-order chi connectivity index (χ0) is 27.8. The smallest absolute Gasteiger partial charge is 0.411 e. The number of hydrogen-bond acceptors (Lipinski definition) is 11. The highest BCUT2D eigenvalue weighted by atomic mass is 32.1. The number of rotatable bonds is 6. The fraction of sp³-hybridized carbons (Fsp3) is 0.250. The number of nitrogens with one attached hydrogen (secondary N) is 1. The largest absolute Gasteiger partial charge is 0.495 e. The molecule has 3 aromatic heterocycles. The number of hydrogen-bond donors (Lipinski definition) is 1. The Morgan fingerprint density at radius 2 is 1.95 bits per heavy atom. The minimum absolute atomic E-state index is 0.00507. The van der Waals surface area contributed by atoms with Gasteiger partial charge in [0.15, 0.2) is 17.6 Å². The highest BCUT2D eigenvalue weighted by molar-refractivity contribution is 7.22. The maximum Gasteiger partial charge on any atom is 0.411 e. The van der Waals surface area contributed by atoms with Crippen molar-refractivity contribution in [2.45, 2.75) is 20.0 Å². The fourth-order valence-corrected chi connectivity index (χ4v) is 5.58. The second-order valence-electron chi connectivity index (χ2n) is 9.20. The molecule has 1 amide bonds. The number of thiazole rings is 1. The van der Waals surface area contributed by atoms with E-state index in [1.54, 1.807) is 25.6 Å². The lowest BCUT2D eigenvalue weighted by Crippen LogP contribution is -2.35. The SMILES string of the molecule is COc1cncc(NC(=O)OC[C@H]2COc3c(cc(C)c4nc(-c5cc(C)cc6nc(OC)cnc56)sc34)O2)c1. The van der Waals surface area contributed by atoms with Crippen LogP contribution in [0.5, 0.6) is 23.1 Å². The summed E-state index contributed by atoms with van der Waals surface area (Å²) < 4.78 is 28.9. The van der Waals surface area contributed by atoms with E-state index in [0.717, 1.165) is 42.9 Å². The highest BCUT2D eigenvalue weighted by Crippen LogP contribution is 2.46. The van der Waals surface area contributed by atoms with Gasteiger partial charge in [0.2, 0.25) is 5.88 Å². The number of anilines is 1. The number of aromatic nitrogens is 4. The Hall–Kier alpha value is -4.71. The first kappa shape index (κ1) is 25.6. The van der Waals surface area contributed by atoms with Gasteiger partial charge in [-0.25, -0.2) is 19.7 Å². The van der Waals surface area contributed by atoms with Gasteiger partial charge < -0.3 is 23.7 Å². The van der Waals surface area contributed by atoms with Crippen LogP contribution in [0.15, 0.2) is 42.9 Å². The average molecular weight is 560 g/mol. The van der Waals surface area contributed by atoms with E-state index in [-0.39, 0.29) is 13.2 Å². The predicted molar refractivity (Wildman–Crippen MR) is 150 cm³/mol. The van der Waals surface area contributed by atoms with Crippen molar-refractivity contribution >= 4 is 44.4 Å². The number of ether oxygens (including phenoxy) is 5. The molecule has 0 aliphatic carbocycles. The molecule has 0 spiro atoms. The third kappa shape index (κ3) is 4.89. The summed E-state index contributed by atoms with van der Waals surface area (Å²) >= 11 is 1.51. The van der Waals surface area contributed by atoms with Crippen LogP contribution in [0, 0.1) is 13.8 Å². The van der Waals surface area contributed by atoms with Crippen LogP contribution in [0.2, 0.25) is 0 Å². The zero-order valence-corrected chi connectivity index (χ0v) is 23.0. The highest BCUT2D eigenvalue weighted by Gasteiger charge is 2.27. The van der Waals surface area contributed by atoms with Gasteiger partial charge >= 0.3 is 6.09 Å². The number of benzene rings is 2. The summed E-state index contributed by atoms with van der Waals surface area (Å²) in [5.41, 5.74) is 5.64. The van der Waals surface area contributed by atoms with Crippen LogP contribution in [0.3, 0.4) is 0 Å². The third-order valence-electron chi connectivity index (χ3n) is 6.29. The van der Waals surface area contributed by atoms with Crippen molar-refractivity contribution in [3.05, 3.63) is 54.0 Å². The molecule has 0 bridgehead atoms. The van der Waals surface area contributed by atoms with Crippen LogP contribution in [0.25, 0.3) is 31.8 Å². The Morgan fingerprint density at radius 3 is 2.77 bits per heavy atom. The normalized spacial score (nSPS) is 14.2. The third-order valence-corrected chi connectivity index (χ3v) is 7.38. The van der Waals surface area contributed by atoms with Gasteiger partial charge in [-0.1, -0.05) is 0 Å². The standard InChI is InChI=1S/C28H25N5O6S/c1-14-5-19(24-20(6-14)32-22(36-4)11-30-24)27-33-23-15(2)7-21-25(26(23)40-27)37-12-18(39-21)13-38-28(34)31-16-8-17(35-3)10-29-9-16/h5-11,18H,12-13H2,1-4H3,(H,31,34)/t18-/m1/s1. The number of fused-ring (bicyclic) bond motifs is 4. The van der Waals surface area contributed by atoms with Gasteiger partial charge in [0.05, 0.1) is 55.0 Å². The molecule has 1 aliphatic heterocycles. The van der Waals surface area contributed by atoms with E-state index in [9.17, 15) is 4.79 Å². The number of carbonyl (C=O) groups is 1. The Balaban J connectivity index is 1.22. The molecule has 6 rings (SSSR count). The predicted octanol–water partition coefficient (Wildman–Crippen LogP) is 5.32. The monoisotopic (exact) mass is 559 g/mol. The Labute approximate surface area is 233 Å². The van der Waals surface area contributed by atoms with E-state index in [2.05, 4.69) is 26.3 Å². The van der Waals surface area contributed by atoms with Crippen LogP contribution in [0.1, 0.15) is 11.1 Å². The summed E-state index contributed by atoms with van der Waals surface area (Å²) in [6, 6.07) is 7.57. The minimum Gasteiger partial charge on any atom is -0.495 e. The number of pyridine rings is 1. The zero-order valence-electron chi connectivity index (χ0n) is 22.2. The van der Waals surface area contributed by atoms with Gasteiger partial charge in [0, 0.05) is 11.6 Å². The van der Waals surface area contributed by atoms with Crippen molar-refractivity contribution in [3.8, 4) is 33.7 Å². The lowest BCUT2D eigenvalue weighted by molar-refractivity contribution is 0.0383. The Kier molecular flexibility index (Phi) is 6.68. The van der Waals surface area contributed by atoms with Gasteiger partial charge in [-0.05, 0) is 43.2 Å². The average Bonchev–Trinajstić information content (AvgIpc) is 3.41. The second-order valence-corrected chi connectivity index (χ2v) is 10.2. The molecule has 0 radical (unpaired) electrons. The van der Waals surface area contributed by atoms with E-state index in [1.807, 2.05) is 26.0 Å². The summed E-state index contributed by atoms with van der Waals surface area (Å²) in [5.74, 6) is 2.18. The molecule has 11 nitrogen and oxygen atoms in total. The Morgan fingerprint density at radius 1 is 1.07 bits per heavy atom. The summed E-state index contributed by atoms with van der Waals surface area (Å²) in [7, 11) is 3.09.